The van der Waals surface area contributed by atoms with Crippen molar-refractivity contribution in [2.75, 3.05) is 0 Å². The molecule has 0 aliphatic heterocycles. The largest absolute Gasteiger partial charge is 0.293 e. The molecule has 0 aliphatic rings. The highest BCUT2D eigenvalue weighted by atomic mass is 35.5. The average molecular weight is 257 g/mol. The van der Waals surface area contributed by atoms with Gasteiger partial charge in [0.15, 0.2) is 5.78 Å². The molecule has 0 spiro atoms. The summed E-state index contributed by atoms with van der Waals surface area (Å²) in [4.78, 5) is 12.4. The molecule has 2 heterocycles. The topological polar surface area (TPSA) is 60.7 Å². The van der Waals surface area contributed by atoms with Crippen LogP contribution >= 0.6 is 23.1 Å². The molecule has 2 rings (SSSR count). The van der Waals surface area contributed by atoms with Gasteiger partial charge in [-0.25, -0.2) is 0 Å². The lowest BCUT2D eigenvalue weighted by molar-refractivity contribution is 0.0996. The zero-order chi connectivity index (χ0) is 11.7. The van der Waals surface area contributed by atoms with Crippen molar-refractivity contribution in [2.45, 2.75) is 13.3 Å². The number of carbonyl (C=O) groups excluding carboxylic acids is 1. The van der Waals surface area contributed by atoms with Gasteiger partial charge in [0.2, 0.25) is 0 Å². The van der Waals surface area contributed by atoms with E-state index in [2.05, 4.69) is 14.7 Å². The van der Waals surface area contributed by atoms with Gasteiger partial charge >= 0.3 is 0 Å². The fourth-order valence-electron chi connectivity index (χ4n) is 1.41. The number of aromatic nitrogens is 4. The third kappa shape index (κ3) is 1.98. The van der Waals surface area contributed by atoms with Gasteiger partial charge in [-0.05, 0) is 18.5 Å². The molecule has 0 aliphatic carbocycles. The fourth-order valence-corrected chi connectivity index (χ4v) is 2.10. The van der Waals surface area contributed by atoms with Crippen molar-refractivity contribution in [1.82, 2.24) is 19.4 Å². The molecule has 0 unspecified atom stereocenters. The van der Waals surface area contributed by atoms with E-state index in [4.69, 9.17) is 11.6 Å². The first-order chi connectivity index (χ1) is 7.59. The standard InChI is InChI=1S/C9H9ClN4OS/c1-5-6(9(10)14(2)12-5)3-7(15)8-4-11-13-16-8/h4H,3H2,1-2H3. The number of hydrogen-bond donors (Lipinski definition) is 0. The van der Waals surface area contributed by atoms with Gasteiger partial charge in [0.25, 0.3) is 0 Å². The van der Waals surface area contributed by atoms with Crippen LogP contribution in [0.4, 0.5) is 0 Å². The minimum absolute atomic E-state index is 0.0343. The minimum atomic E-state index is -0.0343. The maximum Gasteiger partial charge on any atom is 0.180 e. The summed E-state index contributed by atoms with van der Waals surface area (Å²) in [5.74, 6) is -0.0343. The Hall–Kier alpha value is -1.27. The molecule has 5 nitrogen and oxygen atoms in total. The van der Waals surface area contributed by atoms with Crippen LogP contribution in [-0.2, 0) is 13.5 Å². The van der Waals surface area contributed by atoms with Gasteiger partial charge in [-0.15, -0.1) is 5.10 Å². The molecule has 0 saturated heterocycles. The maximum absolute atomic E-state index is 11.8. The first-order valence-corrected chi connectivity index (χ1v) is 5.73. The monoisotopic (exact) mass is 256 g/mol. The number of nitrogens with zero attached hydrogens (tertiary/aromatic N) is 4. The van der Waals surface area contributed by atoms with Crippen molar-refractivity contribution >= 4 is 28.9 Å². The normalized spacial score (nSPS) is 10.7. The Kier molecular flexibility index (Phi) is 3.02. The molecular weight excluding hydrogens is 248 g/mol. The quantitative estimate of drug-likeness (QED) is 0.784. The molecular formula is C9H9ClN4OS. The van der Waals surface area contributed by atoms with E-state index in [0.717, 1.165) is 22.8 Å². The fraction of sp³-hybridized carbons (Fsp3) is 0.333. The summed E-state index contributed by atoms with van der Waals surface area (Å²) in [7, 11) is 1.75. The van der Waals surface area contributed by atoms with Crippen molar-refractivity contribution < 1.29 is 4.79 Å². The molecule has 84 valence electrons. The van der Waals surface area contributed by atoms with Gasteiger partial charge in [-0.2, -0.15) is 5.10 Å². The summed E-state index contributed by atoms with van der Waals surface area (Å²) in [5, 5.41) is 8.28. The number of hydrogen-bond acceptors (Lipinski definition) is 5. The Balaban J connectivity index is 2.25. The van der Waals surface area contributed by atoms with Crippen LogP contribution in [0.15, 0.2) is 6.20 Å². The first kappa shape index (κ1) is 11.2. The molecule has 0 saturated carbocycles. The van der Waals surface area contributed by atoms with E-state index in [1.807, 2.05) is 6.92 Å². The lowest BCUT2D eigenvalue weighted by Crippen LogP contribution is -2.02. The smallest absolute Gasteiger partial charge is 0.180 e. The van der Waals surface area contributed by atoms with Crippen LogP contribution in [0.1, 0.15) is 20.9 Å². The second-order valence-electron chi connectivity index (χ2n) is 3.36. The van der Waals surface area contributed by atoms with Crippen LogP contribution in [-0.4, -0.2) is 25.2 Å². The van der Waals surface area contributed by atoms with Gasteiger partial charge in [-0.1, -0.05) is 16.1 Å². The Labute approximate surface area is 101 Å². The highest BCUT2D eigenvalue weighted by molar-refractivity contribution is 7.07. The predicted molar refractivity (Wildman–Crippen MR) is 60.9 cm³/mol. The zero-order valence-corrected chi connectivity index (χ0v) is 10.3. The first-order valence-electron chi connectivity index (χ1n) is 4.58. The molecule has 0 aromatic carbocycles. The molecule has 0 radical (unpaired) electrons. The molecule has 0 bridgehead atoms. The SMILES string of the molecule is Cc1nn(C)c(Cl)c1CC(=O)c1cnns1. The van der Waals surface area contributed by atoms with Crippen molar-refractivity contribution in [1.29, 1.82) is 0 Å². The van der Waals surface area contributed by atoms with Crippen LogP contribution in [0, 0.1) is 6.92 Å². The summed E-state index contributed by atoms with van der Waals surface area (Å²) < 4.78 is 5.21. The number of rotatable bonds is 3. The van der Waals surface area contributed by atoms with Crippen LogP contribution in [0.2, 0.25) is 5.15 Å². The van der Waals surface area contributed by atoms with Gasteiger partial charge in [0, 0.05) is 19.0 Å². The molecule has 0 fully saturated rings. The van der Waals surface area contributed by atoms with Crippen LogP contribution in [0.3, 0.4) is 0 Å². The average Bonchev–Trinajstić information content (AvgIpc) is 2.83. The molecule has 7 heteroatoms. The Morgan fingerprint density at radius 1 is 1.62 bits per heavy atom. The Morgan fingerprint density at radius 2 is 2.38 bits per heavy atom. The summed E-state index contributed by atoms with van der Waals surface area (Å²) in [6.45, 7) is 1.83. The summed E-state index contributed by atoms with van der Waals surface area (Å²) in [5.41, 5.74) is 1.54. The van der Waals surface area contributed by atoms with E-state index in [-0.39, 0.29) is 12.2 Å². The molecule has 0 N–H and O–H groups in total. The van der Waals surface area contributed by atoms with Crippen molar-refractivity contribution in [3.05, 3.63) is 27.5 Å². The number of ketones is 1. The lowest BCUT2D eigenvalue weighted by Gasteiger charge is -1.97. The Bertz CT molecular complexity index is 520. The van der Waals surface area contributed by atoms with Crippen molar-refractivity contribution in [3.8, 4) is 0 Å². The second kappa shape index (κ2) is 4.31. The maximum atomic E-state index is 11.8. The van der Waals surface area contributed by atoms with Crippen LogP contribution in [0.25, 0.3) is 0 Å². The predicted octanol–water partition coefficient (Wildman–Crippen LogP) is 1.66. The van der Waals surface area contributed by atoms with E-state index < -0.39 is 0 Å². The van der Waals surface area contributed by atoms with E-state index >= 15 is 0 Å². The van der Waals surface area contributed by atoms with Gasteiger partial charge < -0.3 is 0 Å². The zero-order valence-electron chi connectivity index (χ0n) is 8.77. The molecule has 0 atom stereocenters. The van der Waals surface area contributed by atoms with Gasteiger partial charge in [0.1, 0.15) is 10.0 Å². The van der Waals surface area contributed by atoms with Crippen LogP contribution < -0.4 is 0 Å². The van der Waals surface area contributed by atoms with E-state index in [0.29, 0.717) is 10.0 Å². The summed E-state index contributed by atoms with van der Waals surface area (Å²) in [6.07, 6.45) is 1.70. The number of carbonyl (C=O) groups is 1. The third-order valence-electron chi connectivity index (χ3n) is 2.24. The van der Waals surface area contributed by atoms with Gasteiger partial charge in [0.05, 0.1) is 11.9 Å². The molecule has 16 heavy (non-hydrogen) atoms. The molecule has 2 aromatic rings. The van der Waals surface area contributed by atoms with E-state index in [1.165, 1.54) is 6.20 Å². The number of Topliss-reactive ketones (excluding diaryl/α,β-unsaturated/α-hetero) is 1. The van der Waals surface area contributed by atoms with E-state index in [1.54, 1.807) is 11.7 Å². The van der Waals surface area contributed by atoms with Gasteiger partial charge in [-0.3, -0.25) is 9.48 Å². The van der Waals surface area contributed by atoms with Crippen molar-refractivity contribution in [2.24, 2.45) is 7.05 Å². The lowest BCUT2D eigenvalue weighted by atomic mass is 10.1. The molecule has 0 amide bonds. The van der Waals surface area contributed by atoms with E-state index in [9.17, 15) is 4.79 Å². The number of aryl methyl sites for hydroxylation is 2. The number of halogens is 1. The summed E-state index contributed by atoms with van der Waals surface area (Å²) in [6, 6.07) is 0. The highest BCUT2D eigenvalue weighted by Crippen LogP contribution is 2.21. The third-order valence-corrected chi connectivity index (χ3v) is 3.42. The molecule has 2 aromatic heterocycles. The Morgan fingerprint density at radius 3 is 2.88 bits per heavy atom. The summed E-state index contributed by atoms with van der Waals surface area (Å²) >= 11 is 7.13. The highest BCUT2D eigenvalue weighted by Gasteiger charge is 2.17. The second-order valence-corrected chi connectivity index (χ2v) is 4.50. The van der Waals surface area contributed by atoms with Crippen molar-refractivity contribution in [3.63, 3.8) is 0 Å². The van der Waals surface area contributed by atoms with Crippen LogP contribution in [0.5, 0.6) is 0 Å². The minimum Gasteiger partial charge on any atom is -0.293 e.